The second-order valence-corrected chi connectivity index (χ2v) is 2.80. The summed E-state index contributed by atoms with van der Waals surface area (Å²) in [5.74, 6) is -1.33. The number of carboxylic acid groups (broad SMARTS) is 1. The molecule has 0 amide bonds. The van der Waals surface area contributed by atoms with Crippen LogP contribution in [0.15, 0.2) is 5.16 Å². The third kappa shape index (κ3) is 2.19. The first-order valence-electron chi connectivity index (χ1n) is 3.02. The van der Waals surface area contributed by atoms with Crippen molar-refractivity contribution in [3.8, 4) is 0 Å². The molecule has 0 aromatic carbocycles. The minimum Gasteiger partial charge on any atom is -0.477 e. The minimum atomic E-state index is -1.33. The highest BCUT2D eigenvalue weighted by atomic mass is 16.4. The van der Waals surface area contributed by atoms with Crippen molar-refractivity contribution >= 4 is 11.7 Å². The molecule has 0 aliphatic carbocycles. The predicted molar refractivity (Wildman–Crippen MR) is 37.7 cm³/mol. The van der Waals surface area contributed by atoms with Crippen molar-refractivity contribution in [1.29, 1.82) is 0 Å². The highest BCUT2D eigenvalue weighted by Crippen LogP contribution is 2.16. The van der Waals surface area contributed by atoms with Crippen molar-refractivity contribution < 1.29 is 20.2 Å². The quantitative estimate of drug-likeness (QED) is 0.307. The average molecular weight is 161 g/mol. The van der Waals surface area contributed by atoms with Crippen molar-refractivity contribution in [2.24, 2.45) is 10.6 Å². The van der Waals surface area contributed by atoms with E-state index in [9.17, 15) is 4.79 Å². The molecule has 0 aromatic heterocycles. The Kier molecular flexibility index (Phi) is 3.00. The molecule has 5 heteroatoms. The van der Waals surface area contributed by atoms with Gasteiger partial charge >= 0.3 is 5.97 Å². The third-order valence-electron chi connectivity index (χ3n) is 1.34. The van der Waals surface area contributed by atoms with Gasteiger partial charge in [0, 0.05) is 5.41 Å². The first kappa shape index (κ1) is 9.90. The second-order valence-electron chi connectivity index (χ2n) is 2.80. The largest absolute Gasteiger partial charge is 0.477 e. The molecule has 11 heavy (non-hydrogen) atoms. The van der Waals surface area contributed by atoms with Crippen LogP contribution < -0.4 is 0 Å². The molecule has 0 spiro atoms. The monoisotopic (exact) mass is 161 g/mol. The number of aliphatic hydroxyl groups is 1. The van der Waals surface area contributed by atoms with Gasteiger partial charge in [-0.25, -0.2) is 4.79 Å². The van der Waals surface area contributed by atoms with Crippen LogP contribution >= 0.6 is 0 Å². The number of carboxylic acids is 1. The van der Waals surface area contributed by atoms with Crippen molar-refractivity contribution in [3.05, 3.63) is 0 Å². The van der Waals surface area contributed by atoms with E-state index < -0.39 is 17.1 Å². The van der Waals surface area contributed by atoms with Gasteiger partial charge in [0.05, 0.1) is 6.61 Å². The number of hydrogen-bond donors (Lipinski definition) is 3. The van der Waals surface area contributed by atoms with Gasteiger partial charge in [-0.2, -0.15) is 0 Å². The van der Waals surface area contributed by atoms with Gasteiger partial charge in [-0.1, -0.05) is 19.0 Å². The van der Waals surface area contributed by atoms with E-state index in [2.05, 4.69) is 5.16 Å². The van der Waals surface area contributed by atoms with Crippen molar-refractivity contribution in [3.63, 3.8) is 0 Å². The second kappa shape index (κ2) is 3.34. The summed E-state index contributed by atoms with van der Waals surface area (Å²) in [4.78, 5) is 10.3. The van der Waals surface area contributed by atoms with Gasteiger partial charge in [-0.3, -0.25) is 0 Å². The molecule has 64 valence electrons. The van der Waals surface area contributed by atoms with Crippen molar-refractivity contribution in [2.75, 3.05) is 6.61 Å². The lowest BCUT2D eigenvalue weighted by Crippen LogP contribution is -2.34. The fourth-order valence-electron chi connectivity index (χ4n) is 0.542. The number of aliphatic hydroxyl groups excluding tert-OH is 1. The highest BCUT2D eigenvalue weighted by Gasteiger charge is 2.30. The summed E-state index contributed by atoms with van der Waals surface area (Å²) in [6.07, 6.45) is 0. The molecule has 0 saturated carbocycles. The van der Waals surface area contributed by atoms with Gasteiger partial charge in [0.2, 0.25) is 0 Å². The zero-order valence-electron chi connectivity index (χ0n) is 6.40. The van der Waals surface area contributed by atoms with Crippen LogP contribution in [0.2, 0.25) is 0 Å². The van der Waals surface area contributed by atoms with Crippen LogP contribution in [-0.4, -0.2) is 33.7 Å². The van der Waals surface area contributed by atoms with E-state index >= 15 is 0 Å². The molecule has 0 bridgehead atoms. The summed E-state index contributed by atoms with van der Waals surface area (Å²) in [7, 11) is 0. The maximum atomic E-state index is 10.3. The van der Waals surface area contributed by atoms with E-state index in [1.165, 1.54) is 13.8 Å². The number of nitrogens with zero attached hydrogens (tertiary/aromatic N) is 1. The highest BCUT2D eigenvalue weighted by molar-refractivity contribution is 6.37. The zero-order valence-corrected chi connectivity index (χ0v) is 6.40. The third-order valence-corrected chi connectivity index (χ3v) is 1.34. The van der Waals surface area contributed by atoms with Crippen molar-refractivity contribution in [1.82, 2.24) is 0 Å². The van der Waals surface area contributed by atoms with Crippen LogP contribution in [-0.2, 0) is 4.79 Å². The average Bonchev–Trinajstić information content (AvgIpc) is 1.88. The lowest BCUT2D eigenvalue weighted by Gasteiger charge is -2.18. The Labute approximate surface area is 64.0 Å². The summed E-state index contributed by atoms with van der Waals surface area (Å²) in [6, 6.07) is 0. The molecule has 0 aliphatic heterocycles. The van der Waals surface area contributed by atoms with Gasteiger partial charge in [0.15, 0.2) is 5.71 Å². The molecule has 5 nitrogen and oxygen atoms in total. The maximum absolute atomic E-state index is 10.3. The Balaban J connectivity index is 4.66. The molecule has 0 aromatic rings. The Bertz CT molecular complexity index is 185. The van der Waals surface area contributed by atoms with E-state index in [0.717, 1.165) is 0 Å². The standard InChI is InChI=1S/C6H11NO4/c1-6(2,3-8)4(7-11)5(9)10/h8,11H,3H2,1-2H3,(H,9,10)/b7-4+. The number of aliphatic carboxylic acids is 1. The first-order valence-corrected chi connectivity index (χ1v) is 3.02. The number of carbonyl (C=O) groups is 1. The molecule has 0 fully saturated rings. The van der Waals surface area contributed by atoms with Gasteiger partial charge in [-0.05, 0) is 0 Å². The van der Waals surface area contributed by atoms with E-state index in [1.54, 1.807) is 0 Å². The Morgan fingerprint density at radius 2 is 2.00 bits per heavy atom. The van der Waals surface area contributed by atoms with E-state index in [0.29, 0.717) is 0 Å². The normalized spacial score (nSPS) is 13.2. The summed E-state index contributed by atoms with van der Waals surface area (Å²) in [6.45, 7) is 2.56. The van der Waals surface area contributed by atoms with Crippen molar-refractivity contribution in [2.45, 2.75) is 13.8 Å². The van der Waals surface area contributed by atoms with E-state index in [4.69, 9.17) is 15.4 Å². The fraction of sp³-hybridized carbons (Fsp3) is 0.667. The van der Waals surface area contributed by atoms with Gasteiger partial charge in [-0.15, -0.1) is 0 Å². The molecular formula is C6H11NO4. The molecule has 0 rings (SSSR count). The lowest BCUT2D eigenvalue weighted by molar-refractivity contribution is -0.130. The first-order chi connectivity index (χ1) is 4.95. The summed E-state index contributed by atoms with van der Waals surface area (Å²) < 4.78 is 0. The topological polar surface area (TPSA) is 90.1 Å². The summed E-state index contributed by atoms with van der Waals surface area (Å²) in [5.41, 5.74) is -1.46. The van der Waals surface area contributed by atoms with E-state index in [1.807, 2.05) is 0 Å². The smallest absolute Gasteiger partial charge is 0.354 e. The van der Waals surface area contributed by atoms with Crippen LogP contribution in [0.4, 0.5) is 0 Å². The van der Waals surface area contributed by atoms with E-state index in [-0.39, 0.29) is 6.61 Å². The van der Waals surface area contributed by atoms with Crippen LogP contribution in [0, 0.1) is 5.41 Å². The molecule has 0 radical (unpaired) electrons. The SMILES string of the molecule is CC(C)(CO)/C(=N/O)C(=O)O. The molecule has 0 unspecified atom stereocenters. The zero-order chi connectivity index (χ0) is 9.07. The maximum Gasteiger partial charge on any atom is 0.354 e. The number of oxime groups is 1. The molecule has 0 saturated heterocycles. The van der Waals surface area contributed by atoms with Crippen LogP contribution in [0.3, 0.4) is 0 Å². The van der Waals surface area contributed by atoms with Gasteiger partial charge in [0.1, 0.15) is 0 Å². The minimum absolute atomic E-state index is 0.376. The molecule has 0 aliphatic rings. The molecule has 0 heterocycles. The van der Waals surface area contributed by atoms with Gasteiger partial charge in [0.25, 0.3) is 0 Å². The Hall–Kier alpha value is -1.10. The molecule has 0 atom stereocenters. The van der Waals surface area contributed by atoms with Crippen LogP contribution in [0.25, 0.3) is 0 Å². The summed E-state index contributed by atoms with van der Waals surface area (Å²) in [5, 5.41) is 28.0. The lowest BCUT2D eigenvalue weighted by atomic mass is 9.88. The molecular weight excluding hydrogens is 150 g/mol. The fourth-order valence-corrected chi connectivity index (χ4v) is 0.542. The van der Waals surface area contributed by atoms with Crippen LogP contribution in [0.1, 0.15) is 13.8 Å². The number of rotatable bonds is 3. The Morgan fingerprint density at radius 1 is 1.55 bits per heavy atom. The van der Waals surface area contributed by atoms with Gasteiger partial charge < -0.3 is 15.4 Å². The predicted octanol–water partition coefficient (Wildman–Crippen LogP) is -0.0803. The Morgan fingerprint density at radius 3 is 2.09 bits per heavy atom. The molecule has 3 N–H and O–H groups in total. The number of hydrogen-bond acceptors (Lipinski definition) is 4. The van der Waals surface area contributed by atoms with Crippen LogP contribution in [0.5, 0.6) is 0 Å². The summed E-state index contributed by atoms with van der Waals surface area (Å²) >= 11 is 0.